The van der Waals surface area contributed by atoms with Crippen LogP contribution in [0.4, 0.5) is 14.6 Å². The molecule has 0 radical (unpaired) electrons. The van der Waals surface area contributed by atoms with Gasteiger partial charge < -0.3 is 24.2 Å². The van der Waals surface area contributed by atoms with E-state index >= 15 is 0 Å². The number of nitrogens with zero attached hydrogens (tertiary/aromatic N) is 3. The molecule has 1 N–H and O–H groups in total. The average Bonchev–Trinajstić information content (AvgIpc) is 3.44. The lowest BCUT2D eigenvalue weighted by molar-refractivity contribution is -0.160. The number of piperidine rings is 1. The van der Waals surface area contributed by atoms with Crippen molar-refractivity contribution >= 4 is 17.4 Å². The summed E-state index contributed by atoms with van der Waals surface area (Å²) >= 11 is 0. The quantitative estimate of drug-likeness (QED) is 0.236. The summed E-state index contributed by atoms with van der Waals surface area (Å²) in [5.74, 6) is -1.97. The molecular formula is C38H45F2N3O5. The minimum Gasteiger partial charge on any atom is -0.490 e. The van der Waals surface area contributed by atoms with Crippen molar-refractivity contribution in [3.8, 4) is 28.1 Å². The standard InChI is InChI=1S/C38H45F2N3O5/c1-23-18-32-41-30-22-43(32)35(33(23)34(36(44)45)48-37(3,4)5)42-15-13-38(6,14-16-42)46-17-8-7-10-24(2)47-31-21-29(40)28(39)20-27(31)25-11-9-12-26(30)19-25/h9,11-12,18-22,24,34H,7-8,10,13-17H2,1-6H3,(H,44,45)/t24-,34-/m0/s1. The van der Waals surface area contributed by atoms with Crippen molar-refractivity contribution in [1.29, 1.82) is 0 Å². The summed E-state index contributed by atoms with van der Waals surface area (Å²) in [6, 6.07) is 11.7. The van der Waals surface area contributed by atoms with E-state index in [0.29, 0.717) is 47.7 Å². The highest BCUT2D eigenvalue weighted by molar-refractivity contribution is 5.80. The molecule has 3 aliphatic heterocycles. The molecule has 10 heteroatoms. The third-order valence-electron chi connectivity index (χ3n) is 9.33. The molecule has 1 saturated heterocycles. The number of carboxylic acid groups (broad SMARTS) is 1. The number of halogens is 2. The molecule has 4 aromatic rings. The van der Waals surface area contributed by atoms with Crippen molar-refractivity contribution < 1.29 is 32.9 Å². The van der Waals surface area contributed by atoms with E-state index in [2.05, 4.69) is 11.8 Å². The van der Waals surface area contributed by atoms with Crippen LogP contribution in [0.3, 0.4) is 0 Å². The van der Waals surface area contributed by atoms with E-state index in [1.165, 1.54) is 6.07 Å². The van der Waals surface area contributed by atoms with Crippen molar-refractivity contribution in [3.63, 3.8) is 0 Å². The van der Waals surface area contributed by atoms with Gasteiger partial charge in [-0.3, -0.25) is 4.40 Å². The average molecular weight is 662 g/mol. The molecule has 7 rings (SSSR count). The molecule has 0 spiro atoms. The topological polar surface area (TPSA) is 85.5 Å². The van der Waals surface area contributed by atoms with Crippen LogP contribution in [0.1, 0.15) is 84.0 Å². The van der Waals surface area contributed by atoms with Gasteiger partial charge in [-0.15, -0.1) is 0 Å². The Bertz CT molecular complexity index is 1820. The highest BCUT2D eigenvalue weighted by Gasteiger charge is 2.37. The first-order valence-electron chi connectivity index (χ1n) is 16.8. The van der Waals surface area contributed by atoms with Gasteiger partial charge in [0.15, 0.2) is 17.7 Å². The molecule has 0 aliphatic carbocycles. The second kappa shape index (κ2) is 13.1. The summed E-state index contributed by atoms with van der Waals surface area (Å²) in [6.45, 7) is 13.5. The number of carbonyl (C=O) groups is 1. The number of pyridine rings is 1. The molecule has 6 bridgehead atoms. The number of aryl methyl sites for hydroxylation is 1. The second-order valence-electron chi connectivity index (χ2n) is 14.4. The van der Waals surface area contributed by atoms with Crippen molar-refractivity contribution in [2.24, 2.45) is 0 Å². The van der Waals surface area contributed by atoms with Gasteiger partial charge >= 0.3 is 5.97 Å². The summed E-state index contributed by atoms with van der Waals surface area (Å²) in [6.07, 6.45) is 4.45. The Balaban J connectivity index is 1.54. The largest absolute Gasteiger partial charge is 0.490 e. The summed E-state index contributed by atoms with van der Waals surface area (Å²) in [4.78, 5) is 20.0. The predicted molar refractivity (Wildman–Crippen MR) is 182 cm³/mol. The number of ether oxygens (including phenoxy) is 3. The molecule has 1 fully saturated rings. The third-order valence-corrected chi connectivity index (χ3v) is 9.33. The van der Waals surface area contributed by atoms with Crippen molar-refractivity contribution in [2.45, 2.75) is 97.1 Å². The summed E-state index contributed by atoms with van der Waals surface area (Å²) in [5.41, 5.74) is 3.50. The van der Waals surface area contributed by atoms with Crippen LogP contribution in [0.2, 0.25) is 0 Å². The first kappa shape index (κ1) is 33.9. The summed E-state index contributed by atoms with van der Waals surface area (Å²) in [5, 5.41) is 10.5. The van der Waals surface area contributed by atoms with Crippen molar-refractivity contribution in [2.75, 3.05) is 24.6 Å². The van der Waals surface area contributed by atoms with Crippen molar-refractivity contribution in [3.05, 3.63) is 71.4 Å². The van der Waals surface area contributed by atoms with Crippen LogP contribution in [-0.2, 0) is 14.3 Å². The van der Waals surface area contributed by atoms with Gasteiger partial charge in [0.2, 0.25) is 0 Å². The van der Waals surface area contributed by atoms with Crippen LogP contribution >= 0.6 is 0 Å². The molecule has 0 unspecified atom stereocenters. The van der Waals surface area contributed by atoms with Gasteiger partial charge in [-0.2, -0.15) is 0 Å². The Morgan fingerprint density at radius 2 is 1.79 bits per heavy atom. The zero-order valence-corrected chi connectivity index (χ0v) is 28.6. The molecule has 256 valence electrons. The zero-order valence-electron chi connectivity index (χ0n) is 28.6. The Morgan fingerprint density at radius 1 is 1.08 bits per heavy atom. The maximum absolute atomic E-state index is 14.6. The smallest absolute Gasteiger partial charge is 0.337 e. The van der Waals surface area contributed by atoms with Crippen LogP contribution in [0.5, 0.6) is 5.75 Å². The van der Waals surface area contributed by atoms with Crippen LogP contribution in [0.15, 0.2) is 48.7 Å². The second-order valence-corrected chi connectivity index (χ2v) is 14.4. The predicted octanol–water partition coefficient (Wildman–Crippen LogP) is 8.52. The van der Waals surface area contributed by atoms with Crippen LogP contribution < -0.4 is 9.64 Å². The molecule has 48 heavy (non-hydrogen) atoms. The maximum Gasteiger partial charge on any atom is 0.337 e. The first-order valence-corrected chi connectivity index (χ1v) is 16.8. The van der Waals surface area contributed by atoms with E-state index < -0.39 is 29.3 Å². The van der Waals surface area contributed by atoms with E-state index in [0.717, 1.165) is 55.1 Å². The Labute approximate surface area is 280 Å². The molecule has 3 aliphatic rings. The molecule has 2 atom stereocenters. The van der Waals surface area contributed by atoms with Gasteiger partial charge in [-0.1, -0.05) is 18.2 Å². The fourth-order valence-corrected chi connectivity index (χ4v) is 6.78. The molecular weight excluding hydrogens is 616 g/mol. The van der Waals surface area contributed by atoms with Gasteiger partial charge in [0, 0.05) is 48.6 Å². The van der Waals surface area contributed by atoms with Crippen LogP contribution in [0.25, 0.3) is 28.0 Å². The fourth-order valence-electron chi connectivity index (χ4n) is 6.78. The zero-order chi connectivity index (χ0) is 34.4. The lowest BCUT2D eigenvalue weighted by Crippen LogP contribution is -2.45. The van der Waals surface area contributed by atoms with Gasteiger partial charge in [-0.25, -0.2) is 18.6 Å². The number of hydrogen-bond acceptors (Lipinski definition) is 6. The van der Waals surface area contributed by atoms with E-state index in [1.807, 2.05) is 75.5 Å². The Kier molecular flexibility index (Phi) is 9.26. The molecule has 8 nitrogen and oxygen atoms in total. The first-order chi connectivity index (χ1) is 22.7. The normalized spacial score (nSPS) is 21.2. The number of benzene rings is 2. The highest BCUT2D eigenvalue weighted by Crippen LogP contribution is 2.40. The molecule has 0 saturated carbocycles. The lowest BCUT2D eigenvalue weighted by Gasteiger charge is -2.41. The van der Waals surface area contributed by atoms with Crippen LogP contribution in [-0.4, -0.2) is 57.5 Å². The van der Waals surface area contributed by atoms with Gasteiger partial charge in [0.1, 0.15) is 17.2 Å². The number of carboxylic acids is 1. The minimum absolute atomic E-state index is 0.215. The molecule has 5 heterocycles. The lowest BCUT2D eigenvalue weighted by atomic mass is 9.92. The van der Waals surface area contributed by atoms with Crippen molar-refractivity contribution in [1.82, 2.24) is 9.38 Å². The van der Waals surface area contributed by atoms with Gasteiger partial charge in [0.05, 0.1) is 23.0 Å². The Morgan fingerprint density at radius 3 is 2.50 bits per heavy atom. The number of imidazole rings is 1. The number of anilines is 1. The number of aromatic nitrogens is 2. The molecule has 0 amide bonds. The number of aliphatic carboxylic acids is 1. The maximum atomic E-state index is 14.6. The molecule has 2 aromatic heterocycles. The SMILES string of the molecule is Cc1cc2nc3cn2c(c1[C@H](OC(C)(C)C)C(=O)O)N1CCC(C)(CC1)OCCCC[C@H](C)Oc1cc(F)c(F)cc1-c1cccc-3c1. The summed E-state index contributed by atoms with van der Waals surface area (Å²) in [7, 11) is 0. The van der Waals surface area contributed by atoms with Gasteiger partial charge in [0.25, 0.3) is 0 Å². The molecule has 2 aromatic carbocycles. The van der Waals surface area contributed by atoms with Gasteiger partial charge in [-0.05, 0) is 103 Å². The Hall–Kier alpha value is -4.02. The van der Waals surface area contributed by atoms with E-state index in [-0.39, 0.29) is 17.5 Å². The van der Waals surface area contributed by atoms with E-state index in [1.54, 1.807) is 0 Å². The number of fused-ring (bicyclic) bond motifs is 8. The van der Waals surface area contributed by atoms with Crippen LogP contribution in [0, 0.1) is 18.6 Å². The monoisotopic (exact) mass is 661 g/mol. The third kappa shape index (κ3) is 7.05. The fraction of sp³-hybridized carbons (Fsp3) is 0.474. The number of hydrogen-bond donors (Lipinski definition) is 1. The summed E-state index contributed by atoms with van der Waals surface area (Å²) < 4.78 is 50.0. The highest BCUT2D eigenvalue weighted by atomic mass is 19.2. The number of rotatable bonds is 3. The van der Waals surface area contributed by atoms with E-state index in [9.17, 15) is 18.7 Å². The minimum atomic E-state index is -1.21. The van der Waals surface area contributed by atoms with E-state index in [4.69, 9.17) is 19.2 Å².